The molecule has 0 radical (unpaired) electrons. The molecule has 0 aliphatic heterocycles. The van der Waals surface area contributed by atoms with Crippen molar-refractivity contribution in [2.45, 2.75) is 158 Å². The first kappa shape index (κ1) is 37.1. The predicted molar refractivity (Wildman–Crippen MR) is 190 cm³/mol. The molecule has 1 N–H and O–H groups in total. The van der Waals surface area contributed by atoms with E-state index in [1.165, 1.54) is 0 Å². The number of hydrogen-bond acceptors (Lipinski definition) is 6. The molecule has 0 saturated heterocycles. The minimum Gasteiger partial charge on any atom is -0.393 e. The van der Waals surface area contributed by atoms with Crippen LogP contribution in [0.15, 0.2) is 0 Å². The van der Waals surface area contributed by atoms with Gasteiger partial charge in [-0.05, 0) is 148 Å². The van der Waals surface area contributed by atoms with Gasteiger partial charge in [-0.2, -0.15) is 0 Å². The van der Waals surface area contributed by atoms with Crippen LogP contribution in [0.5, 0.6) is 0 Å². The van der Waals surface area contributed by atoms with Crippen LogP contribution in [-0.4, -0.2) is 40.1 Å². The smallest absolute Gasteiger partial charge is 0.137 e. The van der Waals surface area contributed by atoms with E-state index in [4.69, 9.17) is 0 Å². The van der Waals surface area contributed by atoms with Gasteiger partial charge in [0.25, 0.3) is 0 Å². The summed E-state index contributed by atoms with van der Waals surface area (Å²) in [6.45, 7) is 12.5. The van der Waals surface area contributed by atoms with Gasteiger partial charge in [-0.3, -0.25) is 24.0 Å². The number of ketones is 5. The number of fused-ring (bicyclic) bond motifs is 10. The maximum Gasteiger partial charge on any atom is 0.137 e. The number of carbonyl (C=O) groups is 5. The number of hydrogen-bond donors (Lipinski definition) is 1. The normalized spacial score (nSPS) is 51.3. The lowest BCUT2D eigenvalue weighted by Crippen LogP contribution is -2.58. The van der Waals surface area contributed by atoms with Crippen LogP contribution in [0.4, 0.5) is 0 Å². The Morgan fingerprint density at radius 2 is 1.08 bits per heavy atom. The Balaban J connectivity index is 0.000000167. The van der Waals surface area contributed by atoms with Crippen LogP contribution in [0.2, 0.25) is 0 Å². The van der Waals surface area contributed by atoms with Gasteiger partial charge in [-0.1, -0.05) is 35.1 Å². The van der Waals surface area contributed by atoms with Crippen molar-refractivity contribution in [1.29, 1.82) is 0 Å². The van der Waals surface area contributed by atoms with Crippen molar-refractivity contribution >= 4 is 28.9 Å². The van der Waals surface area contributed by atoms with Crippen LogP contribution in [0, 0.1) is 80.8 Å². The number of Topliss-reactive ketones (excluding diaryl/α,β-unsaturated/α-hetero) is 5. The van der Waals surface area contributed by atoms with Gasteiger partial charge < -0.3 is 5.11 Å². The van der Waals surface area contributed by atoms with Crippen molar-refractivity contribution in [1.82, 2.24) is 0 Å². The van der Waals surface area contributed by atoms with E-state index in [9.17, 15) is 29.1 Å². The monoisotopic (exact) mass is 678 g/mol. The van der Waals surface area contributed by atoms with Gasteiger partial charge in [-0.25, -0.2) is 0 Å². The van der Waals surface area contributed by atoms with E-state index in [0.29, 0.717) is 78.5 Å². The number of rotatable bonds is 2. The quantitative estimate of drug-likeness (QED) is 0.315. The van der Waals surface area contributed by atoms with Crippen LogP contribution < -0.4 is 0 Å². The summed E-state index contributed by atoms with van der Waals surface area (Å²) in [4.78, 5) is 62.8. The lowest BCUT2D eigenvalue weighted by molar-refractivity contribution is -0.162. The van der Waals surface area contributed by atoms with Gasteiger partial charge in [0.1, 0.15) is 28.9 Å². The molecule has 0 aromatic carbocycles. The highest BCUT2D eigenvalue weighted by molar-refractivity contribution is 5.88. The molecule has 8 rings (SSSR count). The Morgan fingerprint density at radius 1 is 0.612 bits per heavy atom. The molecule has 0 aromatic rings. The predicted octanol–water partition coefficient (Wildman–Crippen LogP) is 8.39. The first-order valence-corrected chi connectivity index (χ1v) is 19.8. The molecule has 6 heteroatoms. The Morgan fingerprint density at radius 3 is 1.57 bits per heavy atom. The molecular formula is C43H66O6. The average Bonchev–Trinajstić information content (AvgIpc) is 3.54. The fraction of sp³-hybridized carbons (Fsp3) is 0.884. The van der Waals surface area contributed by atoms with Crippen LogP contribution in [-0.2, 0) is 24.0 Å². The topological polar surface area (TPSA) is 106 Å². The van der Waals surface area contributed by atoms with Gasteiger partial charge in [0.2, 0.25) is 0 Å². The fourth-order valence-electron chi connectivity index (χ4n) is 15.2. The second-order valence-electron chi connectivity index (χ2n) is 19.5. The van der Waals surface area contributed by atoms with Crippen LogP contribution in [0.3, 0.4) is 0 Å². The zero-order chi connectivity index (χ0) is 34.6. The highest BCUT2D eigenvalue weighted by Gasteiger charge is 2.65. The van der Waals surface area contributed by atoms with E-state index in [1.807, 2.05) is 0 Å². The van der Waals surface area contributed by atoms with Crippen molar-refractivity contribution in [2.24, 2.45) is 80.8 Å². The SMILES string of the molecule is C.CC(=O)[C@H]1CCC2C3CCC4CC(=O)CC[C@]4(C)C3C(=O)C[C@@]21C.CC(=O)[C@H]1CCC2C3CCC4CC(O)CC[C@]4(C)C3C(=O)C[C@@]21C. The zero-order valence-corrected chi connectivity index (χ0v) is 30.7. The van der Waals surface area contributed by atoms with Gasteiger partial charge in [0.05, 0.1) is 6.10 Å². The molecule has 0 aromatic heterocycles. The third-order valence-corrected chi connectivity index (χ3v) is 17.5. The molecule has 6 nitrogen and oxygen atoms in total. The highest BCUT2D eigenvalue weighted by Crippen LogP contribution is 2.68. The molecule has 8 aliphatic carbocycles. The molecule has 8 aliphatic rings. The summed E-state index contributed by atoms with van der Waals surface area (Å²) in [5, 5.41) is 10.1. The summed E-state index contributed by atoms with van der Waals surface area (Å²) in [5.74, 6) is 5.11. The van der Waals surface area contributed by atoms with E-state index >= 15 is 0 Å². The lowest BCUT2D eigenvalue weighted by atomic mass is 9.44. The van der Waals surface area contributed by atoms with E-state index in [-0.39, 0.29) is 70.4 Å². The fourth-order valence-corrected chi connectivity index (χ4v) is 15.2. The Hall–Kier alpha value is -1.69. The largest absolute Gasteiger partial charge is 0.393 e. The third kappa shape index (κ3) is 5.52. The van der Waals surface area contributed by atoms with Crippen LogP contribution in [0.1, 0.15) is 152 Å². The first-order chi connectivity index (χ1) is 22.5. The lowest BCUT2D eigenvalue weighted by Gasteiger charge is -2.59. The molecule has 49 heavy (non-hydrogen) atoms. The van der Waals surface area contributed by atoms with E-state index in [0.717, 1.165) is 77.0 Å². The van der Waals surface area contributed by atoms with E-state index in [2.05, 4.69) is 27.7 Å². The second kappa shape index (κ2) is 12.8. The average molecular weight is 679 g/mol. The number of carbonyl (C=O) groups excluding carboxylic acids is 5. The molecule has 0 bridgehead atoms. The van der Waals surface area contributed by atoms with E-state index in [1.54, 1.807) is 13.8 Å². The van der Waals surface area contributed by atoms with Crippen LogP contribution in [0.25, 0.3) is 0 Å². The minimum absolute atomic E-state index is 0. The molecule has 8 saturated carbocycles. The van der Waals surface area contributed by atoms with Crippen LogP contribution >= 0.6 is 0 Å². The number of aliphatic hydroxyl groups is 1. The van der Waals surface area contributed by atoms with E-state index < -0.39 is 0 Å². The Bertz CT molecular complexity index is 1380. The summed E-state index contributed by atoms with van der Waals surface area (Å²) in [7, 11) is 0. The summed E-state index contributed by atoms with van der Waals surface area (Å²) < 4.78 is 0. The molecule has 0 heterocycles. The third-order valence-electron chi connectivity index (χ3n) is 17.5. The molecule has 8 fully saturated rings. The molecule has 274 valence electrons. The summed E-state index contributed by atoms with van der Waals surface area (Å²) in [6.07, 6.45) is 14.6. The summed E-state index contributed by atoms with van der Waals surface area (Å²) in [6, 6.07) is 0. The zero-order valence-electron chi connectivity index (χ0n) is 30.7. The molecule has 9 unspecified atom stereocenters. The molecule has 0 spiro atoms. The van der Waals surface area contributed by atoms with Gasteiger partial charge in [-0.15, -0.1) is 0 Å². The first-order valence-electron chi connectivity index (χ1n) is 19.8. The van der Waals surface area contributed by atoms with Gasteiger partial charge in [0, 0.05) is 49.4 Å². The van der Waals surface area contributed by atoms with Crippen molar-refractivity contribution in [2.75, 3.05) is 0 Å². The summed E-state index contributed by atoms with van der Waals surface area (Å²) >= 11 is 0. The second-order valence-corrected chi connectivity index (χ2v) is 19.5. The molecular weight excluding hydrogens is 612 g/mol. The van der Waals surface area contributed by atoms with Crippen molar-refractivity contribution in [3.8, 4) is 0 Å². The number of aliphatic hydroxyl groups excluding tert-OH is 1. The maximum absolute atomic E-state index is 13.3. The Kier molecular flexibility index (Phi) is 9.66. The maximum atomic E-state index is 13.3. The molecule has 15 atom stereocenters. The van der Waals surface area contributed by atoms with Crippen molar-refractivity contribution < 1.29 is 29.1 Å². The Labute approximate surface area is 296 Å². The minimum atomic E-state index is -0.169. The highest BCUT2D eigenvalue weighted by atomic mass is 16.3. The summed E-state index contributed by atoms with van der Waals surface area (Å²) in [5.41, 5.74) is -0.113. The van der Waals surface area contributed by atoms with Gasteiger partial charge in [0.15, 0.2) is 0 Å². The molecule has 0 amide bonds. The standard InChI is InChI=1S/C21H32O3.C21H30O3.CH4/c2*1-12(22)16-6-7-17-15-5-4-13-10-14(23)8-9-20(13,2)19(15)18(24)11-21(16,17)3;/h13-17,19,23H,4-11H2,1-3H3;13,15-17,19H,4-11H2,1-3H3;1H4/t13?,14?,15?,16-,17?,19?,20+,21-;13?,15?,16-,17?,19?,20+,21-;/m11./s1. The van der Waals surface area contributed by atoms with Crippen molar-refractivity contribution in [3.05, 3.63) is 0 Å². The van der Waals surface area contributed by atoms with Crippen molar-refractivity contribution in [3.63, 3.8) is 0 Å². The van der Waals surface area contributed by atoms with Gasteiger partial charge >= 0.3 is 0 Å².